The van der Waals surface area contributed by atoms with Crippen molar-refractivity contribution < 1.29 is 0 Å². The minimum absolute atomic E-state index is 0.774. The van der Waals surface area contributed by atoms with Crippen LogP contribution in [-0.4, -0.2) is 0 Å². The van der Waals surface area contributed by atoms with Crippen molar-refractivity contribution >= 4 is 98.6 Å². The first kappa shape index (κ1) is 27.2. The van der Waals surface area contributed by atoms with E-state index in [1.54, 1.807) is 0 Å². The predicted molar refractivity (Wildman–Crippen MR) is 217 cm³/mol. The minimum atomic E-state index is 0.774. The third-order valence-corrected chi connectivity index (χ3v) is 11.8. The van der Waals surface area contributed by atoms with Crippen LogP contribution in [0.25, 0.3) is 120 Å². The predicted octanol–water partition coefficient (Wildman–Crippen LogP) is 14.9. The van der Waals surface area contributed by atoms with Crippen molar-refractivity contribution in [2.75, 3.05) is 0 Å². The third-order valence-electron chi connectivity index (χ3n) is 11.4. The van der Waals surface area contributed by atoms with Gasteiger partial charge in [0.25, 0.3) is 0 Å². The van der Waals surface area contributed by atoms with Crippen LogP contribution in [0.5, 0.6) is 0 Å². The van der Waals surface area contributed by atoms with Gasteiger partial charge in [0.2, 0.25) is 0 Å². The summed E-state index contributed by atoms with van der Waals surface area (Å²) < 4.78 is 0. The monoisotopic (exact) mass is 670 g/mol. The number of halogens is 2. The SMILES string of the molecule is Clc1cc2ccc3ccc(-c4ccc5c(c4)-c4cccc6c(-c7ccc8ccc9cc(Cl)cc%10ccc7c8c9%10)ccc-5c46)c4ccc(c1)c2c34. The lowest BCUT2D eigenvalue weighted by Crippen LogP contribution is -1.89. The summed E-state index contributed by atoms with van der Waals surface area (Å²) in [6, 6.07) is 53.8. The van der Waals surface area contributed by atoms with Crippen LogP contribution >= 0.6 is 23.2 Å². The standard InChI is InChI=1S/C48H24Cl2/c49-32-20-28-6-4-25-8-13-34(40-16-11-30(22-32)44(28)46(25)40)27-10-15-37-42-19-18-36(38-2-1-3-39(48(38)42)43(37)24-27)35-14-9-26-5-7-29-21-33(50)23-31-12-17-41(35)47(26)45(29)31/h1-24H. The molecule has 0 atom stereocenters. The van der Waals surface area contributed by atoms with Gasteiger partial charge in [0.1, 0.15) is 0 Å². The van der Waals surface area contributed by atoms with Crippen LogP contribution in [0.3, 0.4) is 0 Å². The summed E-state index contributed by atoms with van der Waals surface area (Å²) in [6.07, 6.45) is 0. The lowest BCUT2D eigenvalue weighted by molar-refractivity contribution is 1.66. The van der Waals surface area contributed by atoms with Gasteiger partial charge in [-0.1, -0.05) is 138 Å². The van der Waals surface area contributed by atoms with Crippen molar-refractivity contribution in [3.8, 4) is 44.5 Å². The maximum atomic E-state index is 6.51. The molecule has 0 N–H and O–H groups in total. The fourth-order valence-electron chi connectivity index (χ4n) is 9.31. The Bertz CT molecular complexity index is 3240. The molecule has 0 bridgehead atoms. The molecule has 0 nitrogen and oxygen atoms in total. The molecule has 230 valence electrons. The highest BCUT2D eigenvalue weighted by atomic mass is 35.5. The Morgan fingerprint density at radius 2 is 0.700 bits per heavy atom. The van der Waals surface area contributed by atoms with Gasteiger partial charge in [0.15, 0.2) is 0 Å². The molecule has 12 rings (SSSR count). The van der Waals surface area contributed by atoms with E-state index in [2.05, 4.69) is 146 Å². The minimum Gasteiger partial charge on any atom is -0.0843 e. The molecule has 0 fully saturated rings. The average Bonchev–Trinajstić information content (AvgIpc) is 3.46. The molecule has 0 unspecified atom stereocenters. The number of benzene rings is 11. The molecule has 11 aromatic carbocycles. The van der Waals surface area contributed by atoms with E-state index in [0.717, 1.165) is 10.0 Å². The van der Waals surface area contributed by atoms with Gasteiger partial charge in [-0.2, -0.15) is 0 Å². The van der Waals surface area contributed by atoms with Crippen LogP contribution in [0.15, 0.2) is 146 Å². The Balaban J connectivity index is 1.06. The summed E-state index contributed by atoms with van der Waals surface area (Å²) in [6.45, 7) is 0. The van der Waals surface area contributed by atoms with Gasteiger partial charge < -0.3 is 0 Å². The van der Waals surface area contributed by atoms with Crippen LogP contribution in [0.1, 0.15) is 0 Å². The number of hydrogen-bond acceptors (Lipinski definition) is 0. The zero-order chi connectivity index (χ0) is 32.8. The normalized spacial score (nSPS) is 12.6. The van der Waals surface area contributed by atoms with Gasteiger partial charge in [-0.3, -0.25) is 0 Å². The van der Waals surface area contributed by atoms with Crippen LogP contribution in [0.2, 0.25) is 10.0 Å². The van der Waals surface area contributed by atoms with Crippen molar-refractivity contribution in [3.63, 3.8) is 0 Å². The Labute approximate surface area is 297 Å². The Hall–Kier alpha value is -5.66. The summed E-state index contributed by atoms with van der Waals surface area (Å²) in [5, 5.41) is 19.2. The fourth-order valence-corrected chi connectivity index (χ4v) is 9.78. The molecule has 11 aromatic rings. The average molecular weight is 672 g/mol. The van der Waals surface area contributed by atoms with E-state index >= 15 is 0 Å². The summed E-state index contributed by atoms with van der Waals surface area (Å²) in [5.74, 6) is 0. The van der Waals surface area contributed by atoms with Crippen LogP contribution in [0.4, 0.5) is 0 Å². The summed E-state index contributed by atoms with van der Waals surface area (Å²) in [5.41, 5.74) is 10.2. The Morgan fingerprint density at radius 1 is 0.260 bits per heavy atom. The third kappa shape index (κ3) is 3.47. The summed E-state index contributed by atoms with van der Waals surface area (Å²) >= 11 is 13.0. The maximum Gasteiger partial charge on any atom is 0.0418 e. The zero-order valence-electron chi connectivity index (χ0n) is 26.6. The van der Waals surface area contributed by atoms with E-state index in [1.165, 1.54) is 120 Å². The van der Waals surface area contributed by atoms with E-state index in [4.69, 9.17) is 23.2 Å². The second-order valence-corrected chi connectivity index (χ2v) is 14.8. The molecule has 0 aromatic heterocycles. The lowest BCUT2D eigenvalue weighted by atomic mass is 9.87. The van der Waals surface area contributed by atoms with Gasteiger partial charge >= 0.3 is 0 Å². The molecule has 0 saturated heterocycles. The van der Waals surface area contributed by atoms with Crippen molar-refractivity contribution in [1.29, 1.82) is 0 Å². The zero-order valence-corrected chi connectivity index (χ0v) is 28.1. The molecule has 0 heterocycles. The Morgan fingerprint density at radius 3 is 1.34 bits per heavy atom. The van der Waals surface area contributed by atoms with Gasteiger partial charge in [-0.25, -0.2) is 0 Å². The van der Waals surface area contributed by atoms with E-state index in [1.807, 2.05) is 0 Å². The van der Waals surface area contributed by atoms with Crippen molar-refractivity contribution in [1.82, 2.24) is 0 Å². The first-order valence-corrected chi connectivity index (χ1v) is 17.8. The van der Waals surface area contributed by atoms with Gasteiger partial charge in [-0.15, -0.1) is 0 Å². The highest BCUT2D eigenvalue weighted by Crippen LogP contribution is 2.52. The van der Waals surface area contributed by atoms with E-state index < -0.39 is 0 Å². The van der Waals surface area contributed by atoms with E-state index in [9.17, 15) is 0 Å². The van der Waals surface area contributed by atoms with Crippen molar-refractivity contribution in [2.24, 2.45) is 0 Å². The lowest BCUT2D eigenvalue weighted by Gasteiger charge is -2.16. The molecular weight excluding hydrogens is 647 g/mol. The van der Waals surface area contributed by atoms with Crippen molar-refractivity contribution in [3.05, 3.63) is 156 Å². The largest absolute Gasteiger partial charge is 0.0843 e. The fraction of sp³-hybridized carbons (Fsp3) is 0. The highest BCUT2D eigenvalue weighted by molar-refractivity contribution is 6.35. The van der Waals surface area contributed by atoms with Gasteiger partial charge in [0.05, 0.1) is 0 Å². The number of rotatable bonds is 2. The molecule has 2 heteroatoms. The highest BCUT2D eigenvalue weighted by Gasteiger charge is 2.25. The molecule has 0 saturated carbocycles. The van der Waals surface area contributed by atoms with Crippen molar-refractivity contribution in [2.45, 2.75) is 0 Å². The van der Waals surface area contributed by atoms with Crippen LogP contribution in [-0.2, 0) is 0 Å². The molecule has 0 amide bonds. The maximum absolute atomic E-state index is 6.51. The Kier molecular flexibility index (Phi) is 5.18. The first-order chi connectivity index (χ1) is 24.6. The van der Waals surface area contributed by atoms with Crippen LogP contribution in [0, 0.1) is 0 Å². The molecule has 0 aliphatic heterocycles. The molecule has 0 radical (unpaired) electrons. The smallest absolute Gasteiger partial charge is 0.0418 e. The molecule has 1 aliphatic carbocycles. The number of fused-ring (bicyclic) bond motifs is 3. The summed E-state index contributed by atoms with van der Waals surface area (Å²) in [7, 11) is 0. The second kappa shape index (κ2) is 9.52. The second-order valence-electron chi connectivity index (χ2n) is 13.9. The first-order valence-electron chi connectivity index (χ1n) is 17.0. The molecule has 0 spiro atoms. The summed E-state index contributed by atoms with van der Waals surface area (Å²) in [4.78, 5) is 0. The quantitative estimate of drug-likeness (QED) is 0.161. The van der Waals surface area contributed by atoms with E-state index in [0.29, 0.717) is 0 Å². The molecule has 1 aliphatic rings. The number of hydrogen-bond donors (Lipinski definition) is 0. The molecule has 50 heavy (non-hydrogen) atoms. The van der Waals surface area contributed by atoms with Crippen LogP contribution < -0.4 is 0 Å². The molecular formula is C48H24Cl2. The topological polar surface area (TPSA) is 0 Å². The van der Waals surface area contributed by atoms with Gasteiger partial charge in [0, 0.05) is 10.0 Å². The van der Waals surface area contributed by atoms with E-state index in [-0.39, 0.29) is 0 Å². The van der Waals surface area contributed by atoms with Gasteiger partial charge in [-0.05, 0) is 150 Å².